The topological polar surface area (TPSA) is 73.7 Å². The van der Waals surface area contributed by atoms with E-state index in [2.05, 4.69) is 26.5 Å². The molecule has 1 aliphatic heterocycles. The van der Waals surface area contributed by atoms with Crippen LogP contribution in [0.2, 0.25) is 0 Å². The van der Waals surface area contributed by atoms with Crippen LogP contribution >= 0.6 is 0 Å². The number of rotatable bonds is 7. The molecule has 138 valence electrons. The molecule has 1 fully saturated rings. The van der Waals surface area contributed by atoms with Gasteiger partial charge in [-0.1, -0.05) is 6.92 Å². The minimum atomic E-state index is 0.170. The molecule has 1 heterocycles. The molecular weight excluding hydrogens is 296 g/mol. The minimum Gasteiger partial charge on any atom is -0.395 e. The quantitative estimate of drug-likeness (QED) is 0.508. The number of hydrogen-bond acceptors (Lipinski definition) is 7. The van der Waals surface area contributed by atoms with Crippen molar-refractivity contribution in [3.63, 3.8) is 0 Å². The third kappa shape index (κ3) is 8.95. The Hall–Kier alpha value is -0.280. The van der Waals surface area contributed by atoms with Gasteiger partial charge in [-0.25, -0.2) is 0 Å². The number of aliphatic hydroxyl groups is 3. The molecule has 0 bridgehead atoms. The van der Waals surface area contributed by atoms with Gasteiger partial charge in [0.1, 0.15) is 0 Å². The zero-order valence-corrected chi connectivity index (χ0v) is 14.7. The molecule has 0 saturated carbocycles. The fraction of sp³-hybridized carbons (Fsp3) is 1.00. The van der Waals surface area contributed by atoms with Gasteiger partial charge in [0.15, 0.2) is 0 Å². The van der Waals surface area contributed by atoms with Gasteiger partial charge in [0, 0.05) is 72.0 Å². The standard InChI is InChI=1S/C16H36N4O3/c1-2-17-3-5-18(11-14-21)7-9-20(13-16-23)10-8-19(6-4-17)12-15-22/h21-23H,2-16H2,1H3. The summed E-state index contributed by atoms with van der Waals surface area (Å²) in [7, 11) is 0. The van der Waals surface area contributed by atoms with Crippen molar-refractivity contribution >= 4 is 0 Å². The van der Waals surface area contributed by atoms with Crippen LogP contribution in [0.25, 0.3) is 0 Å². The summed E-state index contributed by atoms with van der Waals surface area (Å²) in [4.78, 5) is 9.32. The lowest BCUT2D eigenvalue weighted by Gasteiger charge is -2.33. The molecule has 0 radical (unpaired) electrons. The first kappa shape index (κ1) is 20.8. The fourth-order valence-corrected chi connectivity index (χ4v) is 2.99. The van der Waals surface area contributed by atoms with E-state index in [0.29, 0.717) is 19.6 Å². The molecule has 1 rings (SSSR count). The molecule has 1 aliphatic rings. The Labute approximate surface area is 141 Å². The van der Waals surface area contributed by atoms with Crippen LogP contribution in [0.4, 0.5) is 0 Å². The summed E-state index contributed by atoms with van der Waals surface area (Å²) in [6.07, 6.45) is 0. The van der Waals surface area contributed by atoms with Crippen molar-refractivity contribution in [3.8, 4) is 0 Å². The van der Waals surface area contributed by atoms with E-state index in [0.717, 1.165) is 58.9 Å². The van der Waals surface area contributed by atoms with Gasteiger partial charge in [0.25, 0.3) is 0 Å². The molecule has 3 N–H and O–H groups in total. The van der Waals surface area contributed by atoms with E-state index >= 15 is 0 Å². The number of aliphatic hydroxyl groups excluding tert-OH is 3. The molecular formula is C16H36N4O3. The molecule has 23 heavy (non-hydrogen) atoms. The third-order valence-electron chi connectivity index (χ3n) is 4.63. The van der Waals surface area contributed by atoms with Gasteiger partial charge in [-0.3, -0.25) is 14.7 Å². The monoisotopic (exact) mass is 332 g/mol. The van der Waals surface area contributed by atoms with Crippen LogP contribution in [0.3, 0.4) is 0 Å². The van der Waals surface area contributed by atoms with E-state index in [1.54, 1.807) is 0 Å². The molecule has 0 atom stereocenters. The van der Waals surface area contributed by atoms with E-state index in [1.807, 2.05) is 0 Å². The Morgan fingerprint density at radius 1 is 0.522 bits per heavy atom. The lowest BCUT2D eigenvalue weighted by atomic mass is 10.3. The van der Waals surface area contributed by atoms with E-state index in [-0.39, 0.29) is 19.8 Å². The van der Waals surface area contributed by atoms with E-state index in [1.165, 1.54) is 0 Å². The average molecular weight is 332 g/mol. The molecule has 0 unspecified atom stereocenters. The maximum Gasteiger partial charge on any atom is 0.0558 e. The molecule has 0 aromatic carbocycles. The lowest BCUT2D eigenvalue weighted by Crippen LogP contribution is -2.47. The minimum absolute atomic E-state index is 0.170. The summed E-state index contributed by atoms with van der Waals surface area (Å²) in [5.74, 6) is 0. The molecule has 0 aromatic rings. The first-order chi connectivity index (χ1) is 11.2. The molecule has 0 aromatic heterocycles. The van der Waals surface area contributed by atoms with Crippen molar-refractivity contribution in [3.05, 3.63) is 0 Å². The SMILES string of the molecule is CCN1CCN(CCO)CCN(CCO)CCN(CCO)CC1. The van der Waals surface area contributed by atoms with Crippen molar-refractivity contribution in [1.29, 1.82) is 0 Å². The van der Waals surface area contributed by atoms with Crippen molar-refractivity contribution in [1.82, 2.24) is 19.6 Å². The highest BCUT2D eigenvalue weighted by Crippen LogP contribution is 2.00. The zero-order chi connectivity index (χ0) is 16.9. The maximum absolute atomic E-state index is 9.26. The first-order valence-electron chi connectivity index (χ1n) is 8.95. The summed E-state index contributed by atoms with van der Waals surface area (Å²) < 4.78 is 0. The smallest absolute Gasteiger partial charge is 0.0558 e. The number of likely N-dealkylation sites (N-methyl/N-ethyl adjacent to an activating group) is 1. The number of hydrogen-bond donors (Lipinski definition) is 3. The Morgan fingerprint density at radius 2 is 0.783 bits per heavy atom. The predicted molar refractivity (Wildman–Crippen MR) is 92.7 cm³/mol. The van der Waals surface area contributed by atoms with Gasteiger partial charge in [-0.05, 0) is 6.54 Å². The highest BCUT2D eigenvalue weighted by atomic mass is 16.3. The van der Waals surface area contributed by atoms with Gasteiger partial charge >= 0.3 is 0 Å². The van der Waals surface area contributed by atoms with Gasteiger partial charge in [0.05, 0.1) is 19.8 Å². The molecule has 7 nitrogen and oxygen atoms in total. The van der Waals surface area contributed by atoms with Crippen LogP contribution in [-0.2, 0) is 0 Å². The molecule has 0 amide bonds. The van der Waals surface area contributed by atoms with Crippen LogP contribution < -0.4 is 0 Å². The van der Waals surface area contributed by atoms with Gasteiger partial charge in [-0.15, -0.1) is 0 Å². The Bertz CT molecular complexity index is 262. The van der Waals surface area contributed by atoms with Crippen molar-refractivity contribution in [2.45, 2.75) is 6.92 Å². The predicted octanol–water partition coefficient (Wildman–Crippen LogP) is -1.80. The highest BCUT2D eigenvalue weighted by molar-refractivity contribution is 4.71. The van der Waals surface area contributed by atoms with E-state index in [4.69, 9.17) is 0 Å². The van der Waals surface area contributed by atoms with Gasteiger partial charge in [-0.2, -0.15) is 0 Å². The summed E-state index contributed by atoms with van der Waals surface area (Å²) >= 11 is 0. The molecule has 0 aliphatic carbocycles. The fourth-order valence-electron chi connectivity index (χ4n) is 2.99. The second kappa shape index (κ2) is 13.1. The molecule has 1 saturated heterocycles. The van der Waals surface area contributed by atoms with Gasteiger partial charge < -0.3 is 20.2 Å². The van der Waals surface area contributed by atoms with Crippen LogP contribution in [-0.4, -0.2) is 133 Å². The second-order valence-corrected chi connectivity index (χ2v) is 6.13. The summed E-state index contributed by atoms with van der Waals surface area (Å²) in [5.41, 5.74) is 0. The Morgan fingerprint density at radius 3 is 1.00 bits per heavy atom. The first-order valence-corrected chi connectivity index (χ1v) is 8.95. The zero-order valence-electron chi connectivity index (χ0n) is 14.7. The summed E-state index contributed by atoms with van der Waals surface area (Å²) in [6.45, 7) is 13.4. The number of nitrogens with zero attached hydrogens (tertiary/aromatic N) is 4. The van der Waals surface area contributed by atoms with Crippen LogP contribution in [0.15, 0.2) is 0 Å². The van der Waals surface area contributed by atoms with Gasteiger partial charge in [0.2, 0.25) is 0 Å². The van der Waals surface area contributed by atoms with Crippen molar-refractivity contribution in [2.75, 3.05) is 98.4 Å². The lowest BCUT2D eigenvalue weighted by molar-refractivity contribution is 0.106. The molecule has 7 heteroatoms. The van der Waals surface area contributed by atoms with Crippen molar-refractivity contribution in [2.24, 2.45) is 0 Å². The Balaban J connectivity index is 2.65. The largest absolute Gasteiger partial charge is 0.395 e. The molecule has 0 spiro atoms. The normalized spacial score (nSPS) is 21.9. The van der Waals surface area contributed by atoms with E-state index in [9.17, 15) is 15.3 Å². The highest BCUT2D eigenvalue weighted by Gasteiger charge is 2.15. The van der Waals surface area contributed by atoms with Crippen LogP contribution in [0.5, 0.6) is 0 Å². The average Bonchev–Trinajstić information content (AvgIpc) is 2.55. The van der Waals surface area contributed by atoms with Crippen molar-refractivity contribution < 1.29 is 15.3 Å². The Kier molecular flexibility index (Phi) is 11.8. The van der Waals surface area contributed by atoms with E-state index < -0.39 is 0 Å². The van der Waals surface area contributed by atoms with Crippen LogP contribution in [0.1, 0.15) is 6.92 Å². The third-order valence-corrected chi connectivity index (χ3v) is 4.63. The summed E-state index contributed by atoms with van der Waals surface area (Å²) in [5, 5.41) is 27.8. The number of β-amino-alcohol motifs (C(OH)–C–C–N with tert-alkyl or cyclic N) is 3. The maximum atomic E-state index is 9.26. The summed E-state index contributed by atoms with van der Waals surface area (Å²) in [6, 6.07) is 0. The second-order valence-electron chi connectivity index (χ2n) is 6.13. The van der Waals surface area contributed by atoms with Crippen LogP contribution in [0, 0.1) is 0 Å².